The van der Waals surface area contributed by atoms with Crippen molar-refractivity contribution in [3.05, 3.63) is 71.3 Å². The van der Waals surface area contributed by atoms with E-state index in [2.05, 4.69) is 36.9 Å². The van der Waals surface area contributed by atoms with Gasteiger partial charge in [0.25, 0.3) is 5.91 Å². The Morgan fingerprint density at radius 3 is 2.73 bits per heavy atom. The molecule has 0 saturated heterocycles. The van der Waals surface area contributed by atoms with Crippen molar-refractivity contribution in [3.63, 3.8) is 0 Å². The Labute approximate surface area is 151 Å². The minimum absolute atomic E-state index is 0.0874. The van der Waals surface area contributed by atoms with Crippen LogP contribution in [0.25, 0.3) is 0 Å². The molecule has 26 heavy (non-hydrogen) atoms. The normalized spacial score (nSPS) is 13.5. The summed E-state index contributed by atoms with van der Waals surface area (Å²) in [5, 5.41) is 8.64. The van der Waals surface area contributed by atoms with E-state index in [1.165, 1.54) is 5.56 Å². The Balaban J connectivity index is 1.45. The van der Waals surface area contributed by atoms with Gasteiger partial charge in [0, 0.05) is 25.7 Å². The largest absolute Gasteiger partial charge is 0.328 e. The Bertz CT molecular complexity index is 921. The second kappa shape index (κ2) is 7.03. The molecular formula is C19H20N6O. The lowest BCUT2D eigenvalue weighted by Crippen LogP contribution is -2.39. The number of hydrogen-bond acceptors (Lipinski definition) is 5. The first-order valence-corrected chi connectivity index (χ1v) is 8.74. The average molecular weight is 348 g/mol. The lowest BCUT2D eigenvalue weighted by Gasteiger charge is -2.27. The van der Waals surface area contributed by atoms with Gasteiger partial charge in [-0.3, -0.25) is 4.79 Å². The topological polar surface area (TPSA) is 76.8 Å². The van der Waals surface area contributed by atoms with Crippen LogP contribution in [0.5, 0.6) is 0 Å². The maximum atomic E-state index is 12.7. The van der Waals surface area contributed by atoms with Crippen LogP contribution in [0.2, 0.25) is 0 Å². The number of carbonyl (C=O) groups is 1. The van der Waals surface area contributed by atoms with Gasteiger partial charge in [0.05, 0.1) is 6.54 Å². The molecule has 0 N–H and O–H groups in total. The second-order valence-corrected chi connectivity index (χ2v) is 6.39. The van der Waals surface area contributed by atoms with Gasteiger partial charge >= 0.3 is 0 Å². The maximum Gasteiger partial charge on any atom is 0.273 e. The molecule has 7 heteroatoms. The lowest BCUT2D eigenvalue weighted by molar-refractivity contribution is 0.0700. The molecule has 0 aliphatic carbocycles. The number of amides is 1. The fraction of sp³-hybridized carbons (Fsp3) is 0.316. The van der Waals surface area contributed by atoms with Gasteiger partial charge in [0.1, 0.15) is 17.3 Å². The first-order chi connectivity index (χ1) is 12.7. The fourth-order valence-electron chi connectivity index (χ4n) is 3.21. The van der Waals surface area contributed by atoms with E-state index >= 15 is 0 Å². The van der Waals surface area contributed by atoms with Gasteiger partial charge in [0.15, 0.2) is 5.82 Å². The van der Waals surface area contributed by atoms with E-state index in [9.17, 15) is 4.79 Å². The summed E-state index contributed by atoms with van der Waals surface area (Å²) in [7, 11) is 0. The van der Waals surface area contributed by atoms with Crippen molar-refractivity contribution >= 4 is 5.91 Å². The molecule has 4 rings (SSSR count). The van der Waals surface area contributed by atoms with Crippen LogP contribution in [0.4, 0.5) is 0 Å². The second-order valence-electron chi connectivity index (χ2n) is 6.39. The van der Waals surface area contributed by atoms with Crippen LogP contribution < -0.4 is 0 Å². The van der Waals surface area contributed by atoms with E-state index in [0.717, 1.165) is 24.5 Å². The highest BCUT2D eigenvalue weighted by Gasteiger charge is 2.25. The number of benzene rings is 1. The van der Waals surface area contributed by atoms with Gasteiger partial charge in [0.2, 0.25) is 0 Å². The minimum Gasteiger partial charge on any atom is -0.328 e. The Morgan fingerprint density at radius 2 is 1.92 bits per heavy atom. The van der Waals surface area contributed by atoms with Crippen LogP contribution in [0.3, 0.4) is 0 Å². The first kappa shape index (κ1) is 16.4. The number of fused-ring (bicyclic) bond motifs is 1. The molecular weight excluding hydrogens is 328 g/mol. The molecule has 3 aromatic rings. The van der Waals surface area contributed by atoms with E-state index in [1.54, 1.807) is 24.1 Å². The monoisotopic (exact) mass is 348 g/mol. The molecule has 1 aliphatic heterocycles. The molecule has 3 heterocycles. The summed E-state index contributed by atoms with van der Waals surface area (Å²) in [6.07, 6.45) is 3.39. The van der Waals surface area contributed by atoms with E-state index in [0.29, 0.717) is 31.2 Å². The van der Waals surface area contributed by atoms with Crippen molar-refractivity contribution in [3.8, 4) is 0 Å². The summed E-state index contributed by atoms with van der Waals surface area (Å²) in [6, 6.07) is 12.0. The van der Waals surface area contributed by atoms with Crippen LogP contribution in [0, 0.1) is 6.92 Å². The lowest BCUT2D eigenvalue weighted by atomic mass is 10.1. The molecule has 1 aromatic carbocycles. The number of nitrogens with zero attached hydrogens (tertiary/aromatic N) is 6. The van der Waals surface area contributed by atoms with Gasteiger partial charge in [-0.1, -0.05) is 30.3 Å². The molecule has 0 unspecified atom stereocenters. The fourth-order valence-corrected chi connectivity index (χ4v) is 3.21. The quantitative estimate of drug-likeness (QED) is 0.719. The summed E-state index contributed by atoms with van der Waals surface area (Å²) >= 11 is 0. The van der Waals surface area contributed by atoms with Crippen LogP contribution in [-0.4, -0.2) is 42.1 Å². The van der Waals surface area contributed by atoms with E-state index in [1.807, 2.05) is 18.2 Å². The highest BCUT2D eigenvalue weighted by atomic mass is 16.2. The van der Waals surface area contributed by atoms with Crippen molar-refractivity contribution in [2.75, 3.05) is 6.54 Å². The molecule has 0 fully saturated rings. The minimum atomic E-state index is -0.0874. The summed E-state index contributed by atoms with van der Waals surface area (Å²) < 4.78 is 2.14. The number of rotatable bonds is 4. The molecule has 0 atom stereocenters. The van der Waals surface area contributed by atoms with Crippen LogP contribution in [0.15, 0.2) is 42.6 Å². The number of aryl methyl sites for hydroxylation is 3. The number of hydrogen-bond donors (Lipinski definition) is 0. The van der Waals surface area contributed by atoms with Gasteiger partial charge in [-0.05, 0) is 25.0 Å². The van der Waals surface area contributed by atoms with Crippen molar-refractivity contribution < 1.29 is 4.79 Å². The van der Waals surface area contributed by atoms with Crippen molar-refractivity contribution in [2.45, 2.75) is 32.9 Å². The Kier molecular flexibility index (Phi) is 4.43. The molecule has 132 valence electrons. The predicted octanol–water partition coefficient (Wildman–Crippen LogP) is 1.82. The van der Waals surface area contributed by atoms with Crippen LogP contribution >= 0.6 is 0 Å². The van der Waals surface area contributed by atoms with Gasteiger partial charge in [-0.25, -0.2) is 9.97 Å². The highest BCUT2D eigenvalue weighted by Crippen LogP contribution is 2.16. The summed E-state index contributed by atoms with van der Waals surface area (Å²) in [4.78, 5) is 22.7. The standard InChI is InChI=1S/C19H20N6O/c1-14-20-10-9-16(21-14)19(26)24-11-12-25-17(22-23-18(25)13-24)8-7-15-5-3-2-4-6-15/h2-6,9-10H,7-8,11-13H2,1H3. The Morgan fingerprint density at radius 1 is 1.08 bits per heavy atom. The van der Waals surface area contributed by atoms with Gasteiger partial charge in [-0.15, -0.1) is 10.2 Å². The molecule has 1 aliphatic rings. The van der Waals surface area contributed by atoms with Crippen molar-refractivity contribution in [1.82, 2.24) is 29.6 Å². The third kappa shape index (κ3) is 3.33. The average Bonchev–Trinajstić information content (AvgIpc) is 3.09. The van der Waals surface area contributed by atoms with Crippen molar-refractivity contribution in [2.24, 2.45) is 0 Å². The summed E-state index contributed by atoms with van der Waals surface area (Å²) in [5.74, 6) is 2.32. The number of carbonyl (C=O) groups excluding carboxylic acids is 1. The predicted molar refractivity (Wildman–Crippen MR) is 95.4 cm³/mol. The van der Waals surface area contributed by atoms with E-state index < -0.39 is 0 Å². The zero-order valence-corrected chi connectivity index (χ0v) is 14.7. The van der Waals surface area contributed by atoms with Crippen LogP contribution in [0.1, 0.15) is 33.5 Å². The molecule has 7 nitrogen and oxygen atoms in total. The number of aromatic nitrogens is 5. The van der Waals surface area contributed by atoms with Gasteiger partial charge in [-0.2, -0.15) is 0 Å². The first-order valence-electron chi connectivity index (χ1n) is 8.74. The molecule has 0 saturated carbocycles. The van der Waals surface area contributed by atoms with Crippen molar-refractivity contribution in [1.29, 1.82) is 0 Å². The molecule has 2 aromatic heterocycles. The summed E-state index contributed by atoms with van der Waals surface area (Å²) in [6.45, 7) is 3.58. The van der Waals surface area contributed by atoms with Crippen LogP contribution in [-0.2, 0) is 25.9 Å². The SMILES string of the molecule is Cc1nccc(C(=O)N2CCn3c(CCc4ccccc4)nnc3C2)n1. The zero-order chi connectivity index (χ0) is 17.9. The smallest absolute Gasteiger partial charge is 0.273 e. The third-order valence-corrected chi connectivity index (χ3v) is 4.59. The van der Waals surface area contributed by atoms with E-state index in [-0.39, 0.29) is 5.91 Å². The third-order valence-electron chi connectivity index (χ3n) is 4.59. The molecule has 0 radical (unpaired) electrons. The zero-order valence-electron chi connectivity index (χ0n) is 14.7. The molecule has 1 amide bonds. The Hall–Kier alpha value is -3.09. The molecule has 0 bridgehead atoms. The molecule has 0 spiro atoms. The summed E-state index contributed by atoms with van der Waals surface area (Å²) in [5.41, 5.74) is 1.71. The highest BCUT2D eigenvalue weighted by molar-refractivity contribution is 5.92. The van der Waals surface area contributed by atoms with Gasteiger partial charge < -0.3 is 9.47 Å². The maximum absolute atomic E-state index is 12.7. The van der Waals surface area contributed by atoms with E-state index in [4.69, 9.17) is 0 Å².